The number of ether oxygens (including phenoxy) is 1. The van der Waals surface area contributed by atoms with Crippen molar-refractivity contribution in [3.05, 3.63) is 42.1 Å². The third kappa shape index (κ3) is 4.25. The van der Waals surface area contributed by atoms with Gasteiger partial charge in [-0.25, -0.2) is 9.37 Å². The Morgan fingerprint density at radius 2 is 2.32 bits per heavy atom. The van der Waals surface area contributed by atoms with Crippen molar-refractivity contribution in [2.75, 3.05) is 20.3 Å². The largest absolute Gasteiger partial charge is 0.385 e. The van der Waals surface area contributed by atoms with E-state index >= 15 is 0 Å². The zero-order valence-electron chi connectivity index (χ0n) is 14.5. The molecule has 134 valence electrons. The van der Waals surface area contributed by atoms with E-state index in [0.717, 1.165) is 49.3 Å². The van der Waals surface area contributed by atoms with E-state index in [1.807, 2.05) is 11.0 Å². The third-order valence-electron chi connectivity index (χ3n) is 4.61. The predicted molar refractivity (Wildman–Crippen MR) is 93.4 cm³/mol. The molecule has 0 spiro atoms. The van der Waals surface area contributed by atoms with Gasteiger partial charge in [-0.3, -0.25) is 4.79 Å². The van der Waals surface area contributed by atoms with Crippen molar-refractivity contribution in [1.82, 2.24) is 14.9 Å². The van der Waals surface area contributed by atoms with Gasteiger partial charge in [-0.15, -0.1) is 0 Å². The molecule has 0 unspecified atom stereocenters. The van der Waals surface area contributed by atoms with Crippen LogP contribution < -0.4 is 0 Å². The number of likely N-dealkylation sites (tertiary alicyclic amines) is 1. The molecule has 0 saturated carbocycles. The molecule has 0 radical (unpaired) electrons. The lowest BCUT2D eigenvalue weighted by Gasteiger charge is -2.34. The van der Waals surface area contributed by atoms with Crippen LogP contribution in [0, 0.1) is 5.82 Å². The molecule has 1 amide bonds. The van der Waals surface area contributed by atoms with Crippen molar-refractivity contribution in [3.8, 4) is 11.3 Å². The summed E-state index contributed by atoms with van der Waals surface area (Å²) >= 11 is 0. The number of carbonyl (C=O) groups is 1. The fourth-order valence-electron chi connectivity index (χ4n) is 3.33. The Balaban J connectivity index is 1.75. The fourth-order valence-corrected chi connectivity index (χ4v) is 3.33. The molecule has 1 aliphatic rings. The molecule has 1 saturated heterocycles. The van der Waals surface area contributed by atoms with E-state index in [1.165, 1.54) is 12.1 Å². The Kier molecular flexibility index (Phi) is 5.81. The van der Waals surface area contributed by atoms with Crippen LogP contribution in [0.1, 0.15) is 44.0 Å². The van der Waals surface area contributed by atoms with E-state index in [-0.39, 0.29) is 17.8 Å². The quantitative estimate of drug-likeness (QED) is 0.812. The van der Waals surface area contributed by atoms with Crippen molar-refractivity contribution in [1.29, 1.82) is 0 Å². The lowest BCUT2D eigenvalue weighted by atomic mass is 10.0. The number of imidazole rings is 1. The lowest BCUT2D eigenvalue weighted by Crippen LogP contribution is -2.39. The number of aromatic amines is 1. The molecular weight excluding hydrogens is 321 g/mol. The van der Waals surface area contributed by atoms with Gasteiger partial charge >= 0.3 is 0 Å². The molecule has 1 aromatic heterocycles. The van der Waals surface area contributed by atoms with E-state index in [2.05, 4.69) is 9.97 Å². The number of hydrogen-bond acceptors (Lipinski definition) is 3. The van der Waals surface area contributed by atoms with E-state index < -0.39 is 0 Å². The zero-order valence-corrected chi connectivity index (χ0v) is 14.5. The summed E-state index contributed by atoms with van der Waals surface area (Å²) in [5, 5.41) is 0. The Hall–Kier alpha value is -2.21. The van der Waals surface area contributed by atoms with Gasteiger partial charge in [0.2, 0.25) is 5.91 Å². The zero-order chi connectivity index (χ0) is 17.6. The highest BCUT2D eigenvalue weighted by Crippen LogP contribution is 2.31. The number of amides is 1. The first kappa shape index (κ1) is 17.6. The number of nitrogens with one attached hydrogen (secondary N) is 1. The summed E-state index contributed by atoms with van der Waals surface area (Å²) in [5.74, 6) is 0.644. The van der Waals surface area contributed by atoms with Crippen LogP contribution in [-0.2, 0) is 9.53 Å². The highest BCUT2D eigenvalue weighted by Gasteiger charge is 2.29. The van der Waals surface area contributed by atoms with Crippen molar-refractivity contribution in [2.24, 2.45) is 0 Å². The van der Waals surface area contributed by atoms with Gasteiger partial charge in [0.25, 0.3) is 0 Å². The molecule has 25 heavy (non-hydrogen) atoms. The topological polar surface area (TPSA) is 58.2 Å². The van der Waals surface area contributed by atoms with Gasteiger partial charge in [0.15, 0.2) is 0 Å². The van der Waals surface area contributed by atoms with Gasteiger partial charge < -0.3 is 14.6 Å². The van der Waals surface area contributed by atoms with Gasteiger partial charge in [0.1, 0.15) is 11.6 Å². The van der Waals surface area contributed by atoms with Crippen LogP contribution in [0.2, 0.25) is 0 Å². The van der Waals surface area contributed by atoms with Crippen molar-refractivity contribution >= 4 is 5.91 Å². The second-order valence-electron chi connectivity index (χ2n) is 6.39. The number of carbonyl (C=O) groups excluding carboxylic acids is 1. The first-order valence-electron chi connectivity index (χ1n) is 8.78. The molecule has 0 aliphatic carbocycles. The highest BCUT2D eigenvalue weighted by molar-refractivity contribution is 5.76. The summed E-state index contributed by atoms with van der Waals surface area (Å²) in [4.78, 5) is 22.2. The average molecular weight is 345 g/mol. The van der Waals surface area contributed by atoms with Crippen LogP contribution in [-0.4, -0.2) is 41.0 Å². The monoisotopic (exact) mass is 345 g/mol. The molecule has 3 rings (SSSR count). The van der Waals surface area contributed by atoms with Gasteiger partial charge in [-0.05, 0) is 37.8 Å². The van der Waals surface area contributed by atoms with E-state index in [1.54, 1.807) is 19.4 Å². The number of piperidine rings is 1. The Labute approximate surface area is 147 Å². The molecule has 5 nitrogen and oxygen atoms in total. The molecule has 1 aliphatic heterocycles. The van der Waals surface area contributed by atoms with E-state index in [9.17, 15) is 9.18 Å². The average Bonchev–Trinajstić information content (AvgIpc) is 3.12. The summed E-state index contributed by atoms with van der Waals surface area (Å²) in [6.45, 7) is 1.35. The molecular formula is C19H24FN3O2. The first-order chi connectivity index (χ1) is 12.2. The molecule has 0 bridgehead atoms. The Bertz CT molecular complexity index is 716. The maximum absolute atomic E-state index is 13.4. The van der Waals surface area contributed by atoms with Crippen LogP contribution in [0.15, 0.2) is 30.5 Å². The molecule has 2 aromatic rings. The van der Waals surface area contributed by atoms with Crippen LogP contribution >= 0.6 is 0 Å². The number of benzene rings is 1. The normalized spacial score (nSPS) is 17.7. The Morgan fingerprint density at radius 1 is 1.44 bits per heavy atom. The maximum Gasteiger partial charge on any atom is 0.223 e. The maximum atomic E-state index is 13.4. The molecule has 1 aromatic carbocycles. The number of methoxy groups -OCH3 is 1. The number of H-pyrrole nitrogens is 1. The molecule has 1 atom stereocenters. The number of halogens is 1. The molecule has 6 heteroatoms. The molecule has 1 N–H and O–H groups in total. The lowest BCUT2D eigenvalue weighted by molar-refractivity contribution is -0.135. The van der Waals surface area contributed by atoms with Crippen LogP contribution in [0.5, 0.6) is 0 Å². The molecule has 1 fully saturated rings. The number of aromatic nitrogens is 2. The third-order valence-corrected chi connectivity index (χ3v) is 4.61. The van der Waals surface area contributed by atoms with Crippen molar-refractivity contribution < 1.29 is 13.9 Å². The molecule has 2 heterocycles. The number of rotatable bonds is 6. The van der Waals surface area contributed by atoms with Gasteiger partial charge in [0, 0.05) is 32.2 Å². The second kappa shape index (κ2) is 8.25. The summed E-state index contributed by atoms with van der Waals surface area (Å²) in [6.07, 6.45) is 5.91. The summed E-state index contributed by atoms with van der Waals surface area (Å²) in [7, 11) is 1.64. The number of nitrogens with zero attached hydrogens (tertiary/aromatic N) is 2. The minimum Gasteiger partial charge on any atom is -0.385 e. The summed E-state index contributed by atoms with van der Waals surface area (Å²) in [6, 6.07) is 6.38. The van der Waals surface area contributed by atoms with Gasteiger partial charge in [0.05, 0.1) is 17.9 Å². The van der Waals surface area contributed by atoms with E-state index in [0.29, 0.717) is 13.0 Å². The van der Waals surface area contributed by atoms with E-state index in [4.69, 9.17) is 4.74 Å². The van der Waals surface area contributed by atoms with Crippen LogP contribution in [0.25, 0.3) is 11.3 Å². The van der Waals surface area contributed by atoms with Gasteiger partial charge in [-0.1, -0.05) is 12.1 Å². The van der Waals surface area contributed by atoms with Crippen LogP contribution in [0.4, 0.5) is 4.39 Å². The highest BCUT2D eigenvalue weighted by atomic mass is 19.1. The number of hydrogen-bond donors (Lipinski definition) is 1. The Morgan fingerprint density at radius 3 is 3.12 bits per heavy atom. The van der Waals surface area contributed by atoms with Crippen molar-refractivity contribution in [2.45, 2.75) is 38.1 Å². The first-order valence-corrected chi connectivity index (χ1v) is 8.78. The minimum atomic E-state index is -0.277. The smallest absolute Gasteiger partial charge is 0.223 e. The van der Waals surface area contributed by atoms with Gasteiger partial charge in [-0.2, -0.15) is 0 Å². The SMILES string of the molecule is COCCCC(=O)N1CCCC[C@H]1c1ncc(-c2cccc(F)c2)[nH]1. The van der Waals surface area contributed by atoms with Crippen molar-refractivity contribution in [3.63, 3.8) is 0 Å². The predicted octanol–water partition coefficient (Wildman–Crippen LogP) is 3.70. The fraction of sp³-hybridized carbons (Fsp3) is 0.474. The summed E-state index contributed by atoms with van der Waals surface area (Å²) in [5.41, 5.74) is 1.53. The second-order valence-corrected chi connectivity index (χ2v) is 6.39. The van der Waals surface area contributed by atoms with Crippen LogP contribution in [0.3, 0.4) is 0 Å². The minimum absolute atomic E-state index is 0.0360. The summed E-state index contributed by atoms with van der Waals surface area (Å²) < 4.78 is 18.5. The standard InChI is InChI=1S/C19H24FN3O2/c1-25-11-5-9-18(24)23-10-3-2-8-17(23)19-21-13-16(22-19)14-6-4-7-15(20)12-14/h4,6-7,12-13,17H,2-3,5,8-11H2,1H3,(H,21,22)/t17-/m0/s1.